The average Bonchev–Trinajstić information content (AvgIpc) is 3.44. The molecule has 17 heteroatoms. The summed E-state index contributed by atoms with van der Waals surface area (Å²) < 4.78 is 73.4. The molecule has 2 amide bonds. The van der Waals surface area contributed by atoms with Crippen LogP contribution in [0.25, 0.3) is 11.2 Å². The Bertz CT molecular complexity index is 1700. The topological polar surface area (TPSA) is 125 Å². The highest BCUT2D eigenvalue weighted by atomic mass is 35.5. The summed E-state index contributed by atoms with van der Waals surface area (Å²) in [6, 6.07) is 2.55. The van der Waals surface area contributed by atoms with Gasteiger partial charge in [0.15, 0.2) is 5.65 Å². The predicted octanol–water partition coefficient (Wildman–Crippen LogP) is 8.30. The number of imidazole rings is 1. The van der Waals surface area contributed by atoms with E-state index in [4.69, 9.17) is 27.9 Å². The number of hydrogen-bond donors (Lipinski definition) is 3. The van der Waals surface area contributed by atoms with Gasteiger partial charge in [0.05, 0.1) is 34.3 Å². The maximum absolute atomic E-state index is 14.9. The van der Waals surface area contributed by atoms with Crippen molar-refractivity contribution in [2.75, 3.05) is 29.9 Å². The number of benzene rings is 1. The zero-order valence-corrected chi connectivity index (χ0v) is 27.6. The third-order valence-corrected chi connectivity index (χ3v) is 8.94. The first kappa shape index (κ1) is 35.6. The van der Waals surface area contributed by atoms with Crippen LogP contribution in [-0.4, -0.2) is 64.7 Å². The van der Waals surface area contributed by atoms with Crippen molar-refractivity contribution in [3.8, 4) is 0 Å². The maximum atomic E-state index is 14.9. The van der Waals surface area contributed by atoms with E-state index in [1.165, 1.54) is 6.07 Å². The fourth-order valence-corrected chi connectivity index (χ4v) is 6.03. The number of fused-ring (bicyclic) bond motifs is 1. The molecule has 1 aliphatic heterocycles. The number of aromatic amines is 1. The van der Waals surface area contributed by atoms with Gasteiger partial charge in [0.1, 0.15) is 22.8 Å². The van der Waals surface area contributed by atoms with Gasteiger partial charge in [0.2, 0.25) is 5.95 Å². The average molecular weight is 719 g/mol. The minimum Gasteiger partial charge on any atom is -0.449 e. The van der Waals surface area contributed by atoms with Crippen LogP contribution in [0.2, 0.25) is 10.0 Å². The number of hydrogen-bond acceptors (Lipinski definition) is 7. The Morgan fingerprint density at radius 3 is 2.44 bits per heavy atom. The number of piperidine rings is 1. The Morgan fingerprint density at radius 2 is 1.79 bits per heavy atom. The van der Waals surface area contributed by atoms with E-state index in [1.54, 1.807) is 4.90 Å². The van der Waals surface area contributed by atoms with Gasteiger partial charge in [-0.05, 0) is 62.1 Å². The fourth-order valence-electron chi connectivity index (χ4n) is 5.52. The van der Waals surface area contributed by atoms with Crippen LogP contribution in [0.3, 0.4) is 0 Å². The van der Waals surface area contributed by atoms with Crippen molar-refractivity contribution < 1.29 is 36.3 Å². The zero-order valence-electron chi connectivity index (χ0n) is 26.1. The van der Waals surface area contributed by atoms with Crippen molar-refractivity contribution in [1.82, 2.24) is 20.3 Å². The highest BCUT2D eigenvalue weighted by molar-refractivity contribution is 6.39. The molecule has 2 aromatic heterocycles. The Balaban J connectivity index is 1.42. The summed E-state index contributed by atoms with van der Waals surface area (Å²) >= 11 is 12.8. The number of carbonyl (C=O) groups excluding carboxylic acids is 2. The van der Waals surface area contributed by atoms with Crippen LogP contribution >= 0.6 is 23.2 Å². The molecule has 0 unspecified atom stereocenters. The second-order valence-electron chi connectivity index (χ2n) is 12.3. The molecule has 0 radical (unpaired) electrons. The number of alkyl halides is 4. The van der Waals surface area contributed by atoms with Crippen LogP contribution in [0.1, 0.15) is 68.3 Å². The minimum atomic E-state index is -4.30. The van der Waals surface area contributed by atoms with E-state index in [2.05, 4.69) is 30.6 Å². The molecular weight excluding hydrogens is 684 g/mol. The number of rotatable bonds is 8. The first-order chi connectivity index (χ1) is 22.7. The third kappa shape index (κ3) is 8.46. The maximum Gasteiger partial charge on any atom is 0.407 e. The molecule has 260 valence electrons. The Labute approximate surface area is 282 Å². The van der Waals surface area contributed by atoms with Gasteiger partial charge >= 0.3 is 12.3 Å². The molecule has 0 atom stereocenters. The number of aliphatic imine (C=N–C) groups is 1. The monoisotopic (exact) mass is 717 g/mol. The number of H-pyrrole nitrogens is 1. The number of pyridine rings is 1. The second-order valence-corrected chi connectivity index (χ2v) is 13.0. The lowest BCUT2D eigenvalue weighted by atomic mass is 9.87. The summed E-state index contributed by atoms with van der Waals surface area (Å²) in [5.74, 6) is -2.57. The molecule has 48 heavy (non-hydrogen) atoms. The molecule has 1 saturated carbocycles. The number of alkyl carbamates (subject to hydrolysis) is 1. The van der Waals surface area contributed by atoms with Gasteiger partial charge < -0.3 is 25.3 Å². The number of carbonyl (C=O) groups is 2. The number of halogens is 7. The number of nitrogens with zero attached hydrogens (tertiary/aromatic N) is 4. The molecule has 2 fully saturated rings. The highest BCUT2D eigenvalue weighted by Crippen LogP contribution is 2.39. The van der Waals surface area contributed by atoms with Gasteiger partial charge in [0.25, 0.3) is 5.91 Å². The fraction of sp³-hybridized carbons (Fsp3) is 0.516. The molecule has 2 aliphatic rings. The number of nitrogens with one attached hydrogen (secondary N) is 3. The smallest absolute Gasteiger partial charge is 0.407 e. The molecule has 3 N–H and O–H groups in total. The van der Waals surface area contributed by atoms with Crippen LogP contribution in [0, 0.1) is 17.7 Å². The van der Waals surface area contributed by atoms with Gasteiger partial charge in [-0.25, -0.2) is 23.6 Å². The van der Waals surface area contributed by atoms with E-state index in [9.17, 15) is 31.5 Å². The molecule has 10 nitrogen and oxygen atoms in total. The third-order valence-electron chi connectivity index (χ3n) is 8.14. The van der Waals surface area contributed by atoms with Crippen LogP contribution in [0.4, 0.5) is 44.2 Å². The van der Waals surface area contributed by atoms with Crippen LogP contribution in [-0.2, 0) is 11.3 Å². The molecule has 3 aromatic rings. The largest absolute Gasteiger partial charge is 0.449 e. The van der Waals surface area contributed by atoms with Crippen LogP contribution in [0.5, 0.6) is 0 Å². The van der Waals surface area contributed by atoms with E-state index < -0.39 is 36.1 Å². The van der Waals surface area contributed by atoms with E-state index in [0.717, 1.165) is 6.07 Å². The summed E-state index contributed by atoms with van der Waals surface area (Å²) in [5.41, 5.74) is 1.03. The van der Waals surface area contributed by atoms with Gasteiger partial charge in [-0.3, -0.25) is 4.79 Å². The van der Waals surface area contributed by atoms with Crippen molar-refractivity contribution in [1.29, 1.82) is 0 Å². The summed E-state index contributed by atoms with van der Waals surface area (Å²) in [6.07, 6.45) is -5.78. The molecule has 1 saturated heterocycles. The van der Waals surface area contributed by atoms with Crippen molar-refractivity contribution in [2.24, 2.45) is 16.8 Å². The lowest BCUT2D eigenvalue weighted by Gasteiger charge is -2.30. The number of amides is 2. The molecule has 0 spiro atoms. The van der Waals surface area contributed by atoms with Gasteiger partial charge in [0, 0.05) is 25.3 Å². The number of anilines is 3. The standard InChI is InChI=1S/C31H34Cl2F5N7O3/c1-15(2)14-48-30(47)39-13-16-11-21(35)24(33)25(23(16)32)42-29-41-22-12-20(27(43-26(22)44-29)45-9-7-18(34)8-10-45)28(46)40-19-5-3-17(4-6-19)31(36,37)38/h11-12,15,17-18H,3-10,13-14H2,1-2H3,(H,39,47)(H2,41,42,43,44). The predicted molar refractivity (Wildman–Crippen MR) is 173 cm³/mol. The Hall–Kier alpha value is -3.72. The van der Waals surface area contributed by atoms with E-state index in [-0.39, 0.29) is 120 Å². The lowest BCUT2D eigenvalue weighted by Crippen LogP contribution is -2.36. The minimum absolute atomic E-state index is 0.000642. The normalized spacial score (nSPS) is 17.6. The van der Waals surface area contributed by atoms with Crippen LogP contribution < -0.4 is 15.5 Å². The first-order valence-corrected chi connectivity index (χ1v) is 16.3. The SMILES string of the molecule is CC(C)COC(=O)NCc1cc(F)c(Cl)c(Nc2nc3nc(N4CCC(F)CC4)c(C(=O)N=C4CCC(C(F)(F)F)CC4)cc3[nH]2)c1Cl. The van der Waals surface area contributed by atoms with Crippen molar-refractivity contribution >= 4 is 69.5 Å². The van der Waals surface area contributed by atoms with Crippen molar-refractivity contribution in [3.05, 3.63) is 39.1 Å². The van der Waals surface area contributed by atoms with E-state index >= 15 is 0 Å². The van der Waals surface area contributed by atoms with Gasteiger partial charge in [-0.2, -0.15) is 18.2 Å². The summed E-state index contributed by atoms with van der Waals surface area (Å²) in [5, 5.41) is 5.02. The van der Waals surface area contributed by atoms with E-state index in [1.807, 2.05) is 13.8 Å². The van der Waals surface area contributed by atoms with Gasteiger partial charge in [-0.1, -0.05) is 37.0 Å². The zero-order chi connectivity index (χ0) is 34.7. The second kappa shape index (κ2) is 14.8. The molecule has 1 aliphatic carbocycles. The molecule has 3 heterocycles. The molecular formula is C31H34Cl2F5N7O3. The number of aromatic nitrogens is 3. The summed E-state index contributed by atoms with van der Waals surface area (Å²) in [6.45, 7) is 4.33. The van der Waals surface area contributed by atoms with Crippen molar-refractivity contribution in [3.63, 3.8) is 0 Å². The van der Waals surface area contributed by atoms with Crippen LogP contribution in [0.15, 0.2) is 17.1 Å². The lowest BCUT2D eigenvalue weighted by molar-refractivity contribution is -0.178. The van der Waals surface area contributed by atoms with E-state index in [0.29, 0.717) is 5.71 Å². The summed E-state index contributed by atoms with van der Waals surface area (Å²) in [4.78, 5) is 43.4. The Kier molecular flexibility index (Phi) is 11.0. The molecule has 0 bridgehead atoms. The van der Waals surface area contributed by atoms with Crippen molar-refractivity contribution in [2.45, 2.75) is 71.3 Å². The highest BCUT2D eigenvalue weighted by Gasteiger charge is 2.41. The van der Waals surface area contributed by atoms with Gasteiger partial charge in [-0.15, -0.1) is 0 Å². The Morgan fingerprint density at radius 1 is 1.10 bits per heavy atom. The molecule has 5 rings (SSSR count). The summed E-state index contributed by atoms with van der Waals surface area (Å²) in [7, 11) is 0. The quantitative estimate of drug-likeness (QED) is 0.158. The number of ether oxygens (including phenoxy) is 1. The molecule has 1 aromatic carbocycles. The first-order valence-electron chi connectivity index (χ1n) is 15.5.